The van der Waals surface area contributed by atoms with Gasteiger partial charge < -0.3 is 4.57 Å². The number of fused-ring (bicyclic) bond motifs is 1. The molecule has 0 N–H and O–H groups in total. The Labute approximate surface area is 148 Å². The number of hydrogen-bond acceptors (Lipinski definition) is 3. The van der Waals surface area contributed by atoms with Crippen molar-refractivity contribution in [2.45, 2.75) is 26.4 Å². The molecule has 0 spiro atoms. The number of halogens is 1. The minimum absolute atomic E-state index is 0.0932. The molecule has 24 heavy (non-hydrogen) atoms. The number of carbonyl (C=O) groups excluding carboxylic acids is 1. The Balaban J connectivity index is 2.15. The van der Waals surface area contributed by atoms with Crippen molar-refractivity contribution in [2.75, 3.05) is 0 Å². The molecular formula is C17H17ClN4OS. The first-order valence-corrected chi connectivity index (χ1v) is 8.73. The van der Waals surface area contributed by atoms with Crippen LogP contribution in [0.2, 0.25) is 5.02 Å². The van der Waals surface area contributed by atoms with Crippen LogP contribution in [0.1, 0.15) is 30.4 Å². The average molecular weight is 361 g/mol. The number of aromatic nitrogens is 3. The molecule has 2 aromatic heterocycles. The van der Waals surface area contributed by atoms with Gasteiger partial charge in [-0.3, -0.25) is 9.48 Å². The van der Waals surface area contributed by atoms with E-state index in [-0.39, 0.29) is 11.9 Å². The summed E-state index contributed by atoms with van der Waals surface area (Å²) in [6.07, 6.45) is 3.40. The van der Waals surface area contributed by atoms with E-state index in [0.717, 1.165) is 10.2 Å². The minimum atomic E-state index is -0.309. The summed E-state index contributed by atoms with van der Waals surface area (Å²) in [6.45, 7) is 8.30. The lowest BCUT2D eigenvalue weighted by atomic mass is 10.3. The average Bonchev–Trinajstić information content (AvgIpc) is 3.13. The van der Waals surface area contributed by atoms with Crippen LogP contribution in [0.3, 0.4) is 0 Å². The first-order chi connectivity index (χ1) is 11.5. The molecule has 124 valence electrons. The number of carbonyl (C=O) groups is 1. The quantitative estimate of drug-likeness (QED) is 0.659. The second-order valence-electron chi connectivity index (χ2n) is 5.57. The third-order valence-corrected chi connectivity index (χ3v) is 4.81. The SMILES string of the molecule is C=CCn1c(=NC(=O)c2ccnn2C(C)C)sc2cc(Cl)ccc21. The lowest BCUT2D eigenvalue weighted by Gasteiger charge is -2.07. The minimum Gasteiger partial charge on any atom is -0.312 e. The lowest BCUT2D eigenvalue weighted by molar-refractivity contribution is 0.0986. The highest BCUT2D eigenvalue weighted by Gasteiger charge is 2.14. The Kier molecular flexibility index (Phi) is 4.69. The van der Waals surface area contributed by atoms with Crippen LogP contribution < -0.4 is 4.80 Å². The van der Waals surface area contributed by atoms with Gasteiger partial charge in [0.15, 0.2) is 4.80 Å². The Morgan fingerprint density at radius 2 is 2.25 bits per heavy atom. The maximum atomic E-state index is 12.6. The van der Waals surface area contributed by atoms with Gasteiger partial charge in [0.05, 0.1) is 10.2 Å². The highest BCUT2D eigenvalue weighted by molar-refractivity contribution is 7.16. The van der Waals surface area contributed by atoms with E-state index >= 15 is 0 Å². The molecule has 1 amide bonds. The molecule has 0 aliphatic rings. The van der Waals surface area contributed by atoms with E-state index in [0.29, 0.717) is 22.1 Å². The molecule has 3 aromatic rings. The summed E-state index contributed by atoms with van der Waals surface area (Å²) in [4.78, 5) is 17.6. The molecule has 0 saturated carbocycles. The second-order valence-corrected chi connectivity index (χ2v) is 7.01. The molecule has 5 nitrogen and oxygen atoms in total. The summed E-state index contributed by atoms with van der Waals surface area (Å²) >= 11 is 7.50. The summed E-state index contributed by atoms with van der Waals surface area (Å²) in [5.41, 5.74) is 1.46. The molecule has 0 atom stereocenters. The molecule has 0 fully saturated rings. The van der Waals surface area contributed by atoms with Crippen LogP contribution in [-0.4, -0.2) is 20.3 Å². The number of allylic oxidation sites excluding steroid dienone is 1. The van der Waals surface area contributed by atoms with Crippen LogP contribution in [0.5, 0.6) is 0 Å². The van der Waals surface area contributed by atoms with Gasteiger partial charge in [-0.05, 0) is 38.1 Å². The molecule has 1 aromatic carbocycles. The van der Waals surface area contributed by atoms with Crippen molar-refractivity contribution >= 4 is 39.1 Å². The second kappa shape index (κ2) is 6.75. The zero-order valence-electron chi connectivity index (χ0n) is 13.4. The van der Waals surface area contributed by atoms with E-state index in [4.69, 9.17) is 11.6 Å². The van der Waals surface area contributed by atoms with Gasteiger partial charge in [-0.1, -0.05) is 29.0 Å². The predicted octanol–water partition coefficient (Wildman–Crippen LogP) is 4.06. The number of nitrogens with zero attached hydrogens (tertiary/aromatic N) is 4. The zero-order chi connectivity index (χ0) is 17.3. The van der Waals surface area contributed by atoms with Gasteiger partial charge in [0.2, 0.25) is 0 Å². The molecule has 0 unspecified atom stereocenters. The van der Waals surface area contributed by atoms with Gasteiger partial charge in [0, 0.05) is 23.8 Å². The standard InChI is InChI=1S/C17H17ClN4OS/c1-4-9-21-13-6-5-12(18)10-15(13)24-17(21)20-16(23)14-7-8-19-22(14)11(2)3/h4-8,10-11H,1,9H2,2-3H3. The Morgan fingerprint density at radius 1 is 1.46 bits per heavy atom. The van der Waals surface area contributed by atoms with Crippen LogP contribution in [0.4, 0.5) is 0 Å². The monoisotopic (exact) mass is 360 g/mol. The third-order valence-electron chi connectivity index (χ3n) is 3.53. The first kappa shape index (κ1) is 16.7. The van der Waals surface area contributed by atoms with Gasteiger partial charge >= 0.3 is 0 Å². The molecule has 0 bridgehead atoms. The van der Waals surface area contributed by atoms with E-state index in [1.54, 1.807) is 23.0 Å². The van der Waals surface area contributed by atoms with Gasteiger partial charge in [-0.2, -0.15) is 10.1 Å². The van der Waals surface area contributed by atoms with E-state index < -0.39 is 0 Å². The maximum Gasteiger partial charge on any atom is 0.297 e. The van der Waals surface area contributed by atoms with Crippen LogP contribution in [0, 0.1) is 0 Å². The summed E-state index contributed by atoms with van der Waals surface area (Å²) in [5.74, 6) is -0.309. The number of benzene rings is 1. The normalized spacial score (nSPS) is 12.2. The molecule has 3 rings (SSSR count). The Morgan fingerprint density at radius 3 is 2.96 bits per heavy atom. The number of amides is 1. The Bertz CT molecular complexity index is 980. The molecule has 0 aliphatic heterocycles. The highest BCUT2D eigenvalue weighted by atomic mass is 35.5. The number of thiazole rings is 1. The van der Waals surface area contributed by atoms with E-state index in [1.165, 1.54) is 11.3 Å². The first-order valence-electron chi connectivity index (χ1n) is 7.53. The fourth-order valence-corrected chi connectivity index (χ4v) is 3.79. The summed E-state index contributed by atoms with van der Waals surface area (Å²) in [7, 11) is 0. The van der Waals surface area contributed by atoms with Gasteiger partial charge in [0.25, 0.3) is 5.91 Å². The summed E-state index contributed by atoms with van der Waals surface area (Å²) < 4.78 is 4.61. The molecule has 0 aliphatic carbocycles. The molecule has 7 heteroatoms. The molecule has 2 heterocycles. The topological polar surface area (TPSA) is 52.2 Å². The van der Waals surface area contributed by atoms with Crippen molar-refractivity contribution < 1.29 is 4.79 Å². The van der Waals surface area contributed by atoms with Crippen molar-refractivity contribution in [2.24, 2.45) is 4.99 Å². The maximum absolute atomic E-state index is 12.6. The van der Waals surface area contributed by atoms with Crippen LogP contribution in [-0.2, 0) is 6.54 Å². The summed E-state index contributed by atoms with van der Waals surface area (Å²) in [5, 5.41) is 4.85. The number of rotatable bonds is 4. The zero-order valence-corrected chi connectivity index (χ0v) is 15.0. The van der Waals surface area contributed by atoms with Crippen molar-refractivity contribution in [1.82, 2.24) is 14.3 Å². The van der Waals surface area contributed by atoms with Gasteiger partial charge in [-0.15, -0.1) is 6.58 Å². The van der Waals surface area contributed by atoms with E-state index in [1.807, 2.05) is 36.6 Å². The molecular weight excluding hydrogens is 344 g/mol. The van der Waals surface area contributed by atoms with Crippen molar-refractivity contribution in [3.05, 3.63) is 58.6 Å². The van der Waals surface area contributed by atoms with Crippen molar-refractivity contribution in [1.29, 1.82) is 0 Å². The van der Waals surface area contributed by atoms with Crippen LogP contribution >= 0.6 is 22.9 Å². The smallest absolute Gasteiger partial charge is 0.297 e. The van der Waals surface area contributed by atoms with Crippen molar-refractivity contribution in [3.8, 4) is 0 Å². The molecule has 0 radical (unpaired) electrons. The van der Waals surface area contributed by atoms with Crippen LogP contribution in [0.15, 0.2) is 48.1 Å². The third kappa shape index (κ3) is 3.07. The summed E-state index contributed by atoms with van der Waals surface area (Å²) in [6, 6.07) is 7.42. The van der Waals surface area contributed by atoms with Gasteiger partial charge in [-0.25, -0.2) is 0 Å². The fourth-order valence-electron chi connectivity index (χ4n) is 2.48. The Hall–Kier alpha value is -2.18. The van der Waals surface area contributed by atoms with Gasteiger partial charge in [0.1, 0.15) is 5.69 Å². The van der Waals surface area contributed by atoms with Crippen molar-refractivity contribution in [3.63, 3.8) is 0 Å². The molecule has 0 saturated heterocycles. The van der Waals surface area contributed by atoms with E-state index in [9.17, 15) is 4.79 Å². The number of hydrogen-bond donors (Lipinski definition) is 0. The predicted molar refractivity (Wildman–Crippen MR) is 97.5 cm³/mol. The highest BCUT2D eigenvalue weighted by Crippen LogP contribution is 2.22. The fraction of sp³-hybridized carbons (Fsp3) is 0.235. The van der Waals surface area contributed by atoms with Crippen LogP contribution in [0.25, 0.3) is 10.2 Å². The largest absolute Gasteiger partial charge is 0.312 e. The lowest BCUT2D eigenvalue weighted by Crippen LogP contribution is -2.18. The van der Waals surface area contributed by atoms with E-state index in [2.05, 4.69) is 16.7 Å².